The summed E-state index contributed by atoms with van der Waals surface area (Å²) >= 11 is 3.54. The predicted octanol–water partition coefficient (Wildman–Crippen LogP) is 4.81. The molecule has 2 fully saturated rings. The molecular formula is C29H31BrF2N4O. The lowest BCUT2D eigenvalue weighted by Crippen LogP contribution is -2.53. The number of rotatable bonds is 7. The highest BCUT2D eigenvalue weighted by Gasteiger charge is 2.39. The van der Waals surface area contributed by atoms with Crippen LogP contribution in [-0.4, -0.2) is 60.5 Å². The number of carbonyl (C=O) groups excluding carboxylic acids is 1. The predicted molar refractivity (Wildman–Crippen MR) is 145 cm³/mol. The zero-order valence-corrected chi connectivity index (χ0v) is 22.2. The minimum atomic E-state index is -0.582. The number of carbonyl (C=O) groups is 1. The molecule has 3 aromatic carbocycles. The van der Waals surface area contributed by atoms with Gasteiger partial charge in [-0.25, -0.2) is 8.78 Å². The van der Waals surface area contributed by atoms with E-state index in [1.807, 2.05) is 35.2 Å². The van der Waals surface area contributed by atoms with Crippen molar-refractivity contribution in [2.24, 2.45) is 0 Å². The SMILES string of the molecule is O=C([C@@H]1C[C@H](NCc2ccc(F)cc2F)CN1Cc1ccccc1)N1CCN(c2cccc(Br)c2)CC1. The first-order valence-electron chi connectivity index (χ1n) is 12.7. The van der Waals surface area contributed by atoms with Gasteiger partial charge < -0.3 is 15.1 Å². The molecule has 5 rings (SSSR count). The van der Waals surface area contributed by atoms with E-state index in [2.05, 4.69) is 55.3 Å². The molecule has 2 aliphatic heterocycles. The number of nitrogens with one attached hydrogen (secondary N) is 1. The first-order valence-corrected chi connectivity index (χ1v) is 13.5. The Morgan fingerprint density at radius 3 is 2.46 bits per heavy atom. The topological polar surface area (TPSA) is 38.8 Å². The molecule has 194 valence electrons. The molecule has 2 saturated heterocycles. The Kier molecular flexibility index (Phi) is 8.17. The van der Waals surface area contributed by atoms with Crippen LogP contribution in [-0.2, 0) is 17.9 Å². The standard InChI is InChI=1S/C29H31BrF2N4O/c30-23-7-4-8-26(15-23)34-11-13-35(14-12-34)29(37)28-17-25(20-36(28)19-21-5-2-1-3-6-21)33-18-22-9-10-24(31)16-27(22)32/h1-10,15-16,25,28,33H,11-14,17-20H2/t25-,28-/m0/s1. The van der Waals surface area contributed by atoms with Crippen LogP contribution in [0.3, 0.4) is 0 Å². The Balaban J connectivity index is 1.24. The molecule has 1 N–H and O–H groups in total. The number of hydrogen-bond acceptors (Lipinski definition) is 4. The quantitative estimate of drug-likeness (QED) is 0.444. The van der Waals surface area contributed by atoms with Crippen LogP contribution in [0.25, 0.3) is 0 Å². The summed E-state index contributed by atoms with van der Waals surface area (Å²) in [5.74, 6) is -0.980. The molecule has 0 radical (unpaired) electrons. The zero-order chi connectivity index (χ0) is 25.8. The highest BCUT2D eigenvalue weighted by molar-refractivity contribution is 9.10. The molecule has 0 saturated carbocycles. The van der Waals surface area contributed by atoms with Crippen LogP contribution in [0.2, 0.25) is 0 Å². The molecule has 1 amide bonds. The van der Waals surface area contributed by atoms with E-state index in [4.69, 9.17) is 0 Å². The molecule has 3 aromatic rings. The third-order valence-corrected chi connectivity index (χ3v) is 7.77. The summed E-state index contributed by atoms with van der Waals surface area (Å²) in [6.45, 7) is 4.60. The molecule has 2 atom stereocenters. The third-order valence-electron chi connectivity index (χ3n) is 7.28. The van der Waals surface area contributed by atoms with Gasteiger partial charge in [-0.15, -0.1) is 0 Å². The van der Waals surface area contributed by atoms with Gasteiger partial charge in [-0.3, -0.25) is 9.69 Å². The van der Waals surface area contributed by atoms with Gasteiger partial charge in [-0.2, -0.15) is 0 Å². The van der Waals surface area contributed by atoms with Gasteiger partial charge in [0.25, 0.3) is 0 Å². The van der Waals surface area contributed by atoms with Crippen molar-refractivity contribution in [3.05, 3.63) is 100 Å². The first-order chi connectivity index (χ1) is 18.0. The Bertz CT molecular complexity index is 1220. The average molecular weight is 569 g/mol. The molecule has 37 heavy (non-hydrogen) atoms. The van der Waals surface area contributed by atoms with Crippen molar-refractivity contribution in [1.29, 1.82) is 0 Å². The Morgan fingerprint density at radius 2 is 1.73 bits per heavy atom. The van der Waals surface area contributed by atoms with E-state index in [1.165, 1.54) is 12.1 Å². The highest BCUT2D eigenvalue weighted by atomic mass is 79.9. The molecule has 0 unspecified atom stereocenters. The number of likely N-dealkylation sites (tertiary alicyclic amines) is 1. The van der Waals surface area contributed by atoms with Crippen LogP contribution in [0.4, 0.5) is 14.5 Å². The third kappa shape index (κ3) is 6.37. The summed E-state index contributed by atoms with van der Waals surface area (Å²) in [5, 5.41) is 3.41. The molecule has 0 spiro atoms. The fourth-order valence-electron chi connectivity index (χ4n) is 5.29. The number of amides is 1. The second-order valence-corrected chi connectivity index (χ2v) is 10.7. The molecule has 0 bridgehead atoms. The van der Waals surface area contributed by atoms with Gasteiger partial charge in [-0.1, -0.05) is 58.4 Å². The van der Waals surface area contributed by atoms with Gasteiger partial charge in [0.15, 0.2) is 0 Å². The van der Waals surface area contributed by atoms with Crippen LogP contribution in [0, 0.1) is 11.6 Å². The first kappa shape index (κ1) is 25.8. The van der Waals surface area contributed by atoms with Crippen LogP contribution < -0.4 is 10.2 Å². The smallest absolute Gasteiger partial charge is 0.240 e. The van der Waals surface area contributed by atoms with Crippen LogP contribution in [0.5, 0.6) is 0 Å². The van der Waals surface area contributed by atoms with Crippen molar-refractivity contribution < 1.29 is 13.6 Å². The van der Waals surface area contributed by atoms with Gasteiger partial charge in [0.2, 0.25) is 5.91 Å². The van der Waals surface area contributed by atoms with Crippen LogP contribution in [0.1, 0.15) is 17.5 Å². The van der Waals surface area contributed by atoms with E-state index in [0.29, 0.717) is 44.7 Å². The summed E-state index contributed by atoms with van der Waals surface area (Å²) in [6.07, 6.45) is 0.653. The maximum absolute atomic E-state index is 14.2. The van der Waals surface area contributed by atoms with E-state index in [9.17, 15) is 13.6 Å². The lowest BCUT2D eigenvalue weighted by molar-refractivity contribution is -0.136. The van der Waals surface area contributed by atoms with E-state index < -0.39 is 11.6 Å². The molecule has 5 nitrogen and oxygen atoms in total. The lowest BCUT2D eigenvalue weighted by Gasteiger charge is -2.38. The largest absolute Gasteiger partial charge is 0.368 e. The monoisotopic (exact) mass is 568 g/mol. The Labute approximate surface area is 225 Å². The van der Waals surface area contributed by atoms with E-state index >= 15 is 0 Å². The molecule has 2 heterocycles. The van der Waals surface area contributed by atoms with Crippen LogP contribution in [0.15, 0.2) is 77.3 Å². The maximum Gasteiger partial charge on any atom is 0.240 e. The second kappa shape index (κ2) is 11.7. The molecule has 8 heteroatoms. The number of nitrogens with zero attached hydrogens (tertiary/aromatic N) is 3. The molecule has 0 aliphatic carbocycles. The van der Waals surface area contributed by atoms with Crippen molar-refractivity contribution in [2.75, 3.05) is 37.6 Å². The van der Waals surface area contributed by atoms with Gasteiger partial charge in [0.05, 0.1) is 6.04 Å². The molecule has 2 aliphatic rings. The molecular weight excluding hydrogens is 538 g/mol. The Morgan fingerprint density at radius 1 is 0.946 bits per heavy atom. The summed E-state index contributed by atoms with van der Waals surface area (Å²) in [6, 6.07) is 21.9. The molecule has 0 aromatic heterocycles. The summed E-state index contributed by atoms with van der Waals surface area (Å²) in [4.78, 5) is 20.3. The van der Waals surface area contributed by atoms with Crippen molar-refractivity contribution in [3.8, 4) is 0 Å². The average Bonchev–Trinajstić information content (AvgIpc) is 3.31. The summed E-state index contributed by atoms with van der Waals surface area (Å²) in [7, 11) is 0. The number of piperazine rings is 1. The number of benzene rings is 3. The number of halogens is 3. The second-order valence-electron chi connectivity index (χ2n) is 9.77. The van der Waals surface area contributed by atoms with E-state index in [1.54, 1.807) is 0 Å². The number of anilines is 1. The van der Waals surface area contributed by atoms with Gasteiger partial charge >= 0.3 is 0 Å². The number of hydrogen-bond donors (Lipinski definition) is 1. The summed E-state index contributed by atoms with van der Waals surface area (Å²) < 4.78 is 28.5. The van der Waals surface area contributed by atoms with Crippen LogP contribution >= 0.6 is 15.9 Å². The highest BCUT2D eigenvalue weighted by Crippen LogP contribution is 2.25. The van der Waals surface area contributed by atoms with E-state index in [0.717, 1.165) is 34.9 Å². The van der Waals surface area contributed by atoms with Crippen molar-refractivity contribution >= 4 is 27.5 Å². The van der Waals surface area contributed by atoms with Crippen molar-refractivity contribution in [1.82, 2.24) is 15.1 Å². The lowest BCUT2D eigenvalue weighted by atomic mass is 10.1. The van der Waals surface area contributed by atoms with E-state index in [-0.39, 0.29) is 18.0 Å². The van der Waals surface area contributed by atoms with Gasteiger partial charge in [0.1, 0.15) is 11.6 Å². The van der Waals surface area contributed by atoms with Crippen molar-refractivity contribution in [3.63, 3.8) is 0 Å². The fourth-order valence-corrected chi connectivity index (χ4v) is 5.68. The zero-order valence-electron chi connectivity index (χ0n) is 20.6. The summed E-state index contributed by atoms with van der Waals surface area (Å²) in [5.41, 5.74) is 2.74. The minimum absolute atomic E-state index is 0.0325. The maximum atomic E-state index is 14.2. The van der Waals surface area contributed by atoms with Gasteiger partial charge in [-0.05, 0) is 36.2 Å². The minimum Gasteiger partial charge on any atom is -0.368 e. The van der Waals surface area contributed by atoms with Gasteiger partial charge in [0, 0.05) is 73.6 Å². The normalized spacial score (nSPS) is 20.4. The Hall–Kier alpha value is -2.81. The van der Waals surface area contributed by atoms with Crippen molar-refractivity contribution in [2.45, 2.75) is 31.6 Å². The fraction of sp³-hybridized carbons (Fsp3) is 0.345.